The quantitative estimate of drug-likeness (QED) is 0.667. The molecule has 3 heterocycles. The zero-order valence-electron chi connectivity index (χ0n) is 19.4. The number of β-amino-alcohol motifs (C(OH)–C–C–N with tert-alkyl or cyclic N) is 1. The van der Waals surface area contributed by atoms with E-state index in [1.165, 1.54) is 4.31 Å². The van der Waals surface area contributed by atoms with Crippen LogP contribution in [0, 0.1) is 6.92 Å². The van der Waals surface area contributed by atoms with Gasteiger partial charge >= 0.3 is 0 Å². The second-order valence-corrected chi connectivity index (χ2v) is 11.2. The van der Waals surface area contributed by atoms with E-state index in [-0.39, 0.29) is 36.7 Å². The Hall–Kier alpha value is -1.56. The van der Waals surface area contributed by atoms with Crippen molar-refractivity contribution in [3.8, 4) is 0 Å². The Morgan fingerprint density at radius 3 is 2.58 bits per heavy atom. The van der Waals surface area contributed by atoms with Gasteiger partial charge in [0.05, 0.1) is 48.9 Å². The average molecular weight is 482 g/mol. The van der Waals surface area contributed by atoms with E-state index in [2.05, 4.69) is 11.9 Å². The maximum atomic E-state index is 13.6. The summed E-state index contributed by atoms with van der Waals surface area (Å²) < 4.78 is 40.5. The standard InChI is InChI=1S/C23H35N3O6S/c1-17-5-3-4-6-22(17)33(29,30)26-14-18(27)15-31-16-21-20(26)8-7-19(32-21)13-23(28)25-11-9-24(2)10-12-25/h3-6,18-21,27H,7-16H2,1-2H3/t18-,19+,20+,21-/m1/s1. The van der Waals surface area contributed by atoms with E-state index in [1.807, 2.05) is 4.90 Å². The van der Waals surface area contributed by atoms with E-state index in [4.69, 9.17) is 9.47 Å². The number of hydrogen-bond acceptors (Lipinski definition) is 7. The smallest absolute Gasteiger partial charge is 0.243 e. The molecule has 1 aromatic carbocycles. The van der Waals surface area contributed by atoms with Gasteiger partial charge in [0.2, 0.25) is 15.9 Å². The molecular weight excluding hydrogens is 446 g/mol. The number of piperazine rings is 1. The summed E-state index contributed by atoms with van der Waals surface area (Å²) in [5.41, 5.74) is 0.661. The summed E-state index contributed by atoms with van der Waals surface area (Å²) in [5, 5.41) is 10.4. The molecule has 0 radical (unpaired) electrons. The van der Waals surface area contributed by atoms with Crippen molar-refractivity contribution >= 4 is 15.9 Å². The normalized spacial score (nSPS) is 30.3. The van der Waals surface area contributed by atoms with E-state index in [0.29, 0.717) is 24.8 Å². The molecule has 10 heteroatoms. The number of likely N-dealkylation sites (N-methyl/N-ethyl adjacent to an activating group) is 1. The van der Waals surface area contributed by atoms with Crippen molar-refractivity contribution in [3.63, 3.8) is 0 Å². The molecule has 0 aromatic heterocycles. The third-order valence-electron chi connectivity index (χ3n) is 6.87. The van der Waals surface area contributed by atoms with Crippen molar-refractivity contribution in [2.24, 2.45) is 0 Å². The minimum absolute atomic E-state index is 0.0390. The SMILES string of the molecule is Cc1ccccc1S(=O)(=O)N1C[C@@H](O)COC[C@H]2O[C@H](CC(=O)N3CCN(C)CC3)CC[C@@H]21. The zero-order chi connectivity index (χ0) is 23.6. The van der Waals surface area contributed by atoms with E-state index < -0.39 is 28.3 Å². The average Bonchev–Trinajstić information content (AvgIpc) is 2.77. The van der Waals surface area contributed by atoms with Gasteiger partial charge in [-0.3, -0.25) is 4.79 Å². The maximum Gasteiger partial charge on any atom is 0.243 e. The van der Waals surface area contributed by atoms with E-state index >= 15 is 0 Å². The molecule has 9 nitrogen and oxygen atoms in total. The molecule has 1 amide bonds. The molecule has 0 unspecified atom stereocenters. The van der Waals surface area contributed by atoms with Crippen LogP contribution in [0.4, 0.5) is 0 Å². The van der Waals surface area contributed by atoms with E-state index in [1.54, 1.807) is 31.2 Å². The summed E-state index contributed by atoms with van der Waals surface area (Å²) in [6, 6.07) is 6.42. The third-order valence-corrected chi connectivity index (χ3v) is 8.92. The summed E-state index contributed by atoms with van der Waals surface area (Å²) in [7, 11) is -1.79. The van der Waals surface area contributed by atoms with Crippen LogP contribution in [-0.2, 0) is 24.3 Å². The lowest BCUT2D eigenvalue weighted by atomic mass is 9.96. The molecule has 0 saturated carbocycles. The van der Waals surface area contributed by atoms with Crippen molar-refractivity contribution < 1.29 is 27.8 Å². The van der Waals surface area contributed by atoms with Gasteiger partial charge in [-0.1, -0.05) is 18.2 Å². The summed E-state index contributed by atoms with van der Waals surface area (Å²) in [5.74, 6) is 0.0816. The van der Waals surface area contributed by atoms with Gasteiger partial charge in [0, 0.05) is 32.7 Å². The number of hydrogen-bond donors (Lipinski definition) is 1. The number of fused-ring (bicyclic) bond motifs is 1. The highest BCUT2D eigenvalue weighted by molar-refractivity contribution is 7.89. The molecule has 3 aliphatic rings. The predicted octanol–water partition coefficient (Wildman–Crippen LogP) is 0.457. The highest BCUT2D eigenvalue weighted by atomic mass is 32.2. The lowest BCUT2D eigenvalue weighted by Crippen LogP contribution is -2.57. The van der Waals surface area contributed by atoms with Crippen LogP contribution >= 0.6 is 0 Å². The second kappa shape index (κ2) is 10.4. The van der Waals surface area contributed by atoms with Crippen LogP contribution < -0.4 is 0 Å². The first-order chi connectivity index (χ1) is 15.8. The second-order valence-electron chi connectivity index (χ2n) is 9.36. The van der Waals surface area contributed by atoms with Crippen molar-refractivity contribution in [1.82, 2.24) is 14.1 Å². The minimum Gasteiger partial charge on any atom is -0.389 e. The number of amides is 1. The summed E-state index contributed by atoms with van der Waals surface area (Å²) in [4.78, 5) is 17.1. The largest absolute Gasteiger partial charge is 0.389 e. The minimum atomic E-state index is -3.84. The van der Waals surface area contributed by atoms with Crippen molar-refractivity contribution in [3.05, 3.63) is 29.8 Å². The summed E-state index contributed by atoms with van der Waals surface area (Å²) >= 11 is 0. The number of carbonyl (C=O) groups excluding carboxylic acids is 1. The van der Waals surface area contributed by atoms with E-state index in [0.717, 1.165) is 26.2 Å². The van der Waals surface area contributed by atoms with E-state index in [9.17, 15) is 18.3 Å². The Kier molecular flexibility index (Phi) is 7.72. The Morgan fingerprint density at radius 2 is 1.85 bits per heavy atom. The molecule has 0 bridgehead atoms. The Labute approximate surface area is 196 Å². The molecule has 0 spiro atoms. The molecule has 4 atom stereocenters. The van der Waals surface area contributed by atoms with Gasteiger partial charge in [-0.2, -0.15) is 4.31 Å². The summed E-state index contributed by atoms with van der Waals surface area (Å²) in [6.07, 6.45) is -0.255. The van der Waals surface area contributed by atoms with Gasteiger partial charge in [-0.15, -0.1) is 0 Å². The monoisotopic (exact) mass is 481 g/mol. The number of carbonyl (C=O) groups is 1. The highest BCUT2D eigenvalue weighted by Crippen LogP contribution is 2.32. The predicted molar refractivity (Wildman–Crippen MR) is 122 cm³/mol. The van der Waals surface area contributed by atoms with Crippen molar-refractivity contribution in [2.45, 2.75) is 55.4 Å². The van der Waals surface area contributed by atoms with Crippen LogP contribution in [0.3, 0.4) is 0 Å². The van der Waals surface area contributed by atoms with Crippen LogP contribution in [-0.4, -0.2) is 111 Å². The van der Waals surface area contributed by atoms with Crippen molar-refractivity contribution in [2.75, 3.05) is 53.0 Å². The van der Waals surface area contributed by atoms with Gasteiger partial charge < -0.3 is 24.4 Å². The number of rotatable bonds is 4. The molecular formula is C23H35N3O6S. The summed E-state index contributed by atoms with van der Waals surface area (Å²) in [6.45, 7) is 5.11. The molecule has 4 rings (SSSR count). The number of nitrogens with zero attached hydrogens (tertiary/aromatic N) is 3. The number of aryl methyl sites for hydroxylation is 1. The van der Waals surface area contributed by atoms with Gasteiger partial charge in [0.1, 0.15) is 0 Å². The molecule has 184 valence electrons. The fraction of sp³-hybridized carbons (Fsp3) is 0.696. The Bertz CT molecular complexity index is 934. The maximum absolute atomic E-state index is 13.6. The lowest BCUT2D eigenvalue weighted by Gasteiger charge is -2.44. The first kappa shape index (κ1) is 24.6. The van der Waals surface area contributed by atoms with Gasteiger partial charge in [0.25, 0.3) is 0 Å². The first-order valence-corrected chi connectivity index (χ1v) is 13.1. The molecule has 3 aliphatic heterocycles. The molecule has 0 aliphatic carbocycles. The molecule has 3 saturated heterocycles. The fourth-order valence-electron chi connectivity index (χ4n) is 4.92. The highest BCUT2D eigenvalue weighted by Gasteiger charge is 2.43. The zero-order valence-corrected chi connectivity index (χ0v) is 20.2. The van der Waals surface area contributed by atoms with Gasteiger partial charge in [-0.25, -0.2) is 8.42 Å². The number of sulfonamides is 1. The van der Waals surface area contributed by atoms with Crippen LogP contribution in [0.25, 0.3) is 0 Å². The molecule has 3 fully saturated rings. The fourth-order valence-corrected chi connectivity index (χ4v) is 6.87. The van der Waals surface area contributed by atoms with Crippen LogP contribution in [0.1, 0.15) is 24.8 Å². The molecule has 1 aromatic rings. The van der Waals surface area contributed by atoms with Crippen molar-refractivity contribution in [1.29, 1.82) is 0 Å². The number of ether oxygens (including phenoxy) is 2. The van der Waals surface area contributed by atoms with Crippen LogP contribution in [0.5, 0.6) is 0 Å². The first-order valence-electron chi connectivity index (χ1n) is 11.7. The Morgan fingerprint density at radius 1 is 1.12 bits per heavy atom. The molecule has 1 N–H and O–H groups in total. The van der Waals surface area contributed by atoms with Gasteiger partial charge in [0.15, 0.2) is 0 Å². The molecule has 33 heavy (non-hydrogen) atoms. The number of benzene rings is 1. The lowest BCUT2D eigenvalue weighted by molar-refractivity contribution is -0.152. The number of aliphatic hydroxyl groups excluding tert-OH is 1. The topological polar surface area (TPSA) is 99.6 Å². The number of aliphatic hydroxyl groups is 1. The van der Waals surface area contributed by atoms with Gasteiger partial charge in [-0.05, 0) is 38.4 Å². The van der Waals surface area contributed by atoms with Crippen LogP contribution in [0.2, 0.25) is 0 Å². The van der Waals surface area contributed by atoms with Crippen LogP contribution in [0.15, 0.2) is 29.2 Å². The Balaban J connectivity index is 1.49. The third kappa shape index (κ3) is 5.58.